The quantitative estimate of drug-likeness (QED) is 0.258. The largest absolute Gasteiger partial charge is 0.507 e. The maximum Gasteiger partial charge on any atom is 0.300 e. The summed E-state index contributed by atoms with van der Waals surface area (Å²) in [6, 6.07) is 15.1. The number of aliphatic hydroxyl groups is 1. The van der Waals surface area contributed by atoms with Crippen molar-refractivity contribution in [3.8, 4) is 0 Å². The van der Waals surface area contributed by atoms with E-state index < -0.39 is 17.7 Å². The minimum atomic E-state index is -0.741. The van der Waals surface area contributed by atoms with Gasteiger partial charge in [0.2, 0.25) is 0 Å². The highest BCUT2D eigenvalue weighted by Crippen LogP contribution is 2.44. The summed E-state index contributed by atoms with van der Waals surface area (Å²) in [4.78, 5) is 28.4. The van der Waals surface area contributed by atoms with Crippen molar-refractivity contribution in [1.29, 1.82) is 0 Å². The van der Waals surface area contributed by atoms with Crippen molar-refractivity contribution in [3.05, 3.63) is 91.6 Å². The van der Waals surface area contributed by atoms with E-state index in [0.717, 1.165) is 10.4 Å². The summed E-state index contributed by atoms with van der Waals surface area (Å²) in [7, 11) is 0. The fraction of sp³-hybridized carbons (Fsp3) is 0.167. The van der Waals surface area contributed by atoms with Gasteiger partial charge in [0, 0.05) is 16.1 Å². The first kappa shape index (κ1) is 21.6. The number of hydrogen-bond acceptors (Lipinski definition) is 4. The molecule has 1 aliphatic rings. The number of carbonyl (C=O) groups is 2. The maximum atomic E-state index is 13.1. The van der Waals surface area contributed by atoms with Gasteiger partial charge in [0.05, 0.1) is 15.6 Å². The molecule has 1 unspecified atom stereocenters. The zero-order valence-electron chi connectivity index (χ0n) is 16.8. The molecule has 7 heteroatoms. The molecule has 158 valence electrons. The summed E-state index contributed by atoms with van der Waals surface area (Å²) in [5.41, 5.74) is 2.07. The van der Waals surface area contributed by atoms with Crippen molar-refractivity contribution in [2.75, 3.05) is 4.90 Å². The van der Waals surface area contributed by atoms with Crippen LogP contribution in [0, 0.1) is 0 Å². The van der Waals surface area contributed by atoms with Crippen molar-refractivity contribution in [3.63, 3.8) is 0 Å². The van der Waals surface area contributed by atoms with Crippen LogP contribution < -0.4 is 4.90 Å². The van der Waals surface area contributed by atoms with E-state index >= 15 is 0 Å². The summed E-state index contributed by atoms with van der Waals surface area (Å²) in [6.07, 6.45) is 0. The van der Waals surface area contributed by atoms with Crippen LogP contribution >= 0.6 is 34.5 Å². The van der Waals surface area contributed by atoms with Gasteiger partial charge >= 0.3 is 0 Å². The number of nitrogens with zero attached hydrogens (tertiary/aromatic N) is 1. The smallest absolute Gasteiger partial charge is 0.300 e. The second-order valence-electron chi connectivity index (χ2n) is 7.56. The minimum absolute atomic E-state index is 0.0266. The first-order valence-corrected chi connectivity index (χ1v) is 11.3. The standard InChI is InChI=1S/C24H19Cl2NO3S/c1-13(2)14-5-8-16(9-6-14)27-21(19-4-3-11-31-19)20(23(29)24(27)30)22(28)15-7-10-17(25)18(26)12-15/h3-13,21,28H,1-2H3/b22-20-. The number of rotatable bonds is 4. The Labute approximate surface area is 194 Å². The van der Waals surface area contributed by atoms with Gasteiger partial charge in [-0.05, 0) is 53.3 Å². The molecular weight excluding hydrogens is 453 g/mol. The van der Waals surface area contributed by atoms with Crippen LogP contribution in [0.15, 0.2) is 65.6 Å². The molecule has 0 bridgehead atoms. The van der Waals surface area contributed by atoms with Crippen LogP contribution in [0.5, 0.6) is 0 Å². The molecular formula is C24H19Cl2NO3S. The molecule has 1 N–H and O–H groups in total. The van der Waals surface area contributed by atoms with Crippen molar-refractivity contribution in [2.24, 2.45) is 0 Å². The van der Waals surface area contributed by atoms with Crippen molar-refractivity contribution in [2.45, 2.75) is 25.8 Å². The highest BCUT2D eigenvalue weighted by atomic mass is 35.5. The Morgan fingerprint density at radius 2 is 1.74 bits per heavy atom. The Balaban J connectivity index is 1.88. The summed E-state index contributed by atoms with van der Waals surface area (Å²) >= 11 is 13.5. The second kappa shape index (κ2) is 8.50. The highest BCUT2D eigenvalue weighted by molar-refractivity contribution is 7.10. The van der Waals surface area contributed by atoms with Gasteiger partial charge in [-0.3, -0.25) is 14.5 Å². The molecule has 3 aromatic rings. The Hall–Kier alpha value is -2.60. The predicted molar refractivity (Wildman–Crippen MR) is 126 cm³/mol. The molecule has 0 spiro atoms. The molecule has 1 aliphatic heterocycles. The molecule has 2 heterocycles. The van der Waals surface area contributed by atoms with Crippen LogP contribution in [0.3, 0.4) is 0 Å². The second-order valence-corrected chi connectivity index (χ2v) is 9.35. The average Bonchev–Trinajstić information content (AvgIpc) is 3.37. The SMILES string of the molecule is CC(C)c1ccc(N2C(=O)C(=O)/C(=C(\O)c3ccc(Cl)c(Cl)c3)C2c2cccs2)cc1. The van der Waals surface area contributed by atoms with E-state index in [1.54, 1.807) is 12.1 Å². The van der Waals surface area contributed by atoms with Crippen LogP contribution in [0.4, 0.5) is 5.69 Å². The monoisotopic (exact) mass is 471 g/mol. The van der Waals surface area contributed by atoms with E-state index in [-0.39, 0.29) is 16.4 Å². The van der Waals surface area contributed by atoms with Gasteiger partial charge in [0.1, 0.15) is 11.8 Å². The molecule has 1 atom stereocenters. The van der Waals surface area contributed by atoms with Crippen LogP contribution in [0.25, 0.3) is 5.76 Å². The van der Waals surface area contributed by atoms with E-state index in [1.807, 2.05) is 41.8 Å². The molecule has 0 aliphatic carbocycles. The Morgan fingerprint density at radius 1 is 1.03 bits per heavy atom. The van der Waals surface area contributed by atoms with E-state index in [1.165, 1.54) is 22.3 Å². The summed E-state index contributed by atoms with van der Waals surface area (Å²) in [5, 5.41) is 13.5. The topological polar surface area (TPSA) is 57.6 Å². The van der Waals surface area contributed by atoms with E-state index in [0.29, 0.717) is 22.2 Å². The molecule has 4 nitrogen and oxygen atoms in total. The Kier molecular flexibility index (Phi) is 5.93. The van der Waals surface area contributed by atoms with Gasteiger partial charge < -0.3 is 5.11 Å². The number of ketones is 1. The first-order valence-electron chi connectivity index (χ1n) is 9.69. The normalized spacial score (nSPS) is 18.2. The molecule has 1 fully saturated rings. The number of thiophene rings is 1. The third kappa shape index (κ3) is 3.89. The number of carbonyl (C=O) groups excluding carboxylic acids is 2. The van der Waals surface area contributed by atoms with E-state index in [4.69, 9.17) is 23.2 Å². The third-order valence-corrected chi connectivity index (χ3v) is 6.95. The number of halogens is 2. The molecule has 1 saturated heterocycles. The lowest BCUT2D eigenvalue weighted by atomic mass is 9.99. The van der Waals surface area contributed by atoms with E-state index in [9.17, 15) is 14.7 Å². The van der Waals surface area contributed by atoms with Crippen LogP contribution in [-0.4, -0.2) is 16.8 Å². The molecule has 0 radical (unpaired) electrons. The molecule has 0 saturated carbocycles. The fourth-order valence-corrected chi connectivity index (χ4v) is 4.76. The number of benzene rings is 2. The van der Waals surface area contributed by atoms with E-state index in [2.05, 4.69) is 13.8 Å². The average molecular weight is 472 g/mol. The van der Waals surface area contributed by atoms with Crippen LogP contribution in [-0.2, 0) is 9.59 Å². The zero-order chi connectivity index (χ0) is 22.3. The minimum Gasteiger partial charge on any atom is -0.507 e. The third-order valence-electron chi connectivity index (χ3n) is 5.29. The van der Waals surface area contributed by atoms with Crippen molar-refractivity contribution < 1.29 is 14.7 Å². The number of hydrogen-bond donors (Lipinski definition) is 1. The maximum absolute atomic E-state index is 13.1. The summed E-state index contributed by atoms with van der Waals surface area (Å²) in [6.45, 7) is 4.17. The number of aliphatic hydroxyl groups excluding tert-OH is 1. The molecule has 1 aromatic heterocycles. The summed E-state index contributed by atoms with van der Waals surface area (Å²) in [5.74, 6) is -1.36. The predicted octanol–water partition coefficient (Wildman–Crippen LogP) is 6.80. The van der Waals surface area contributed by atoms with Gasteiger partial charge in [0.25, 0.3) is 11.7 Å². The van der Waals surface area contributed by atoms with Gasteiger partial charge in [0.15, 0.2) is 0 Å². The lowest BCUT2D eigenvalue weighted by Crippen LogP contribution is -2.29. The fourth-order valence-electron chi connectivity index (χ4n) is 3.63. The van der Waals surface area contributed by atoms with Gasteiger partial charge in [-0.2, -0.15) is 0 Å². The van der Waals surface area contributed by atoms with Crippen LogP contribution in [0.2, 0.25) is 10.0 Å². The first-order chi connectivity index (χ1) is 14.8. The Morgan fingerprint density at radius 3 is 2.32 bits per heavy atom. The number of anilines is 1. The van der Waals surface area contributed by atoms with Gasteiger partial charge in [-0.15, -0.1) is 11.3 Å². The lowest BCUT2D eigenvalue weighted by Gasteiger charge is -2.24. The van der Waals surface area contributed by atoms with Crippen molar-refractivity contribution >= 4 is 57.7 Å². The van der Waals surface area contributed by atoms with Gasteiger partial charge in [-0.25, -0.2) is 0 Å². The van der Waals surface area contributed by atoms with Gasteiger partial charge in [-0.1, -0.05) is 55.2 Å². The highest BCUT2D eigenvalue weighted by Gasteiger charge is 2.47. The number of amides is 1. The zero-order valence-corrected chi connectivity index (χ0v) is 19.1. The molecule has 2 aromatic carbocycles. The Bertz CT molecular complexity index is 1180. The number of Topliss-reactive ketones (excluding diaryl/α,β-unsaturated/α-hetero) is 1. The van der Waals surface area contributed by atoms with Crippen molar-refractivity contribution in [1.82, 2.24) is 0 Å². The molecule has 4 rings (SSSR count). The van der Waals surface area contributed by atoms with Crippen LogP contribution in [0.1, 0.15) is 41.8 Å². The molecule has 1 amide bonds. The lowest BCUT2D eigenvalue weighted by molar-refractivity contribution is -0.132. The summed E-state index contributed by atoms with van der Waals surface area (Å²) < 4.78 is 0. The molecule has 31 heavy (non-hydrogen) atoms.